The maximum absolute atomic E-state index is 12.9. The minimum Gasteiger partial charge on any atom is -0.320 e. The third kappa shape index (κ3) is 5.45. The van der Waals surface area contributed by atoms with Crippen molar-refractivity contribution >= 4 is 46.3 Å². The zero-order chi connectivity index (χ0) is 21.3. The molecule has 7 nitrogen and oxygen atoms in total. The number of amides is 2. The molecule has 0 bridgehead atoms. The van der Waals surface area contributed by atoms with Crippen molar-refractivity contribution in [2.45, 2.75) is 0 Å². The summed E-state index contributed by atoms with van der Waals surface area (Å²) < 4.78 is 0. The third-order valence-electron chi connectivity index (χ3n) is 4.11. The van der Waals surface area contributed by atoms with Gasteiger partial charge in [-0.25, -0.2) is 0 Å². The topological polar surface area (TPSA) is 92.6 Å². The molecule has 3 aromatic carbocycles. The number of carbonyl (C=O) groups is 2. The van der Waals surface area contributed by atoms with E-state index in [1.165, 1.54) is 18.2 Å². The van der Waals surface area contributed by atoms with E-state index in [1.807, 2.05) is 60.7 Å². The van der Waals surface area contributed by atoms with Gasteiger partial charge >= 0.3 is 0 Å². The Hall–Kier alpha value is -3.65. The number of hydrogen-bond donors (Lipinski definition) is 1. The zero-order valence-corrected chi connectivity index (χ0v) is 16.7. The Morgan fingerprint density at radius 3 is 1.93 bits per heavy atom. The standard InChI is InChI=1S/C22H19N3O4S/c26-21(23-19-13-7-8-14-20(19)25(28)29)15-30-16-22(27)24(17-9-3-1-4-10-17)18-11-5-2-6-12-18/h1-14H,15-16H2,(H,23,26). The number of nitro groups is 1. The van der Waals surface area contributed by atoms with Gasteiger partial charge in [0.1, 0.15) is 5.69 Å². The van der Waals surface area contributed by atoms with Crippen LogP contribution in [0.2, 0.25) is 0 Å². The van der Waals surface area contributed by atoms with Gasteiger partial charge in [0.15, 0.2) is 0 Å². The van der Waals surface area contributed by atoms with E-state index >= 15 is 0 Å². The van der Waals surface area contributed by atoms with Crippen molar-refractivity contribution in [1.29, 1.82) is 0 Å². The number of nitro benzene ring substituents is 1. The highest BCUT2D eigenvalue weighted by Gasteiger charge is 2.19. The van der Waals surface area contributed by atoms with Crippen molar-refractivity contribution < 1.29 is 14.5 Å². The predicted molar refractivity (Wildman–Crippen MR) is 119 cm³/mol. The van der Waals surface area contributed by atoms with E-state index in [9.17, 15) is 19.7 Å². The number of nitrogens with one attached hydrogen (secondary N) is 1. The second-order valence-corrected chi connectivity index (χ2v) is 7.20. The van der Waals surface area contributed by atoms with Crippen LogP contribution in [0.3, 0.4) is 0 Å². The summed E-state index contributed by atoms with van der Waals surface area (Å²) in [4.78, 5) is 37.2. The van der Waals surface area contributed by atoms with Gasteiger partial charge in [-0.1, -0.05) is 48.5 Å². The second-order valence-electron chi connectivity index (χ2n) is 6.22. The predicted octanol–water partition coefficient (Wildman–Crippen LogP) is 4.63. The van der Waals surface area contributed by atoms with E-state index in [0.29, 0.717) is 0 Å². The highest BCUT2D eigenvalue weighted by Crippen LogP contribution is 2.26. The Morgan fingerprint density at radius 2 is 1.37 bits per heavy atom. The Balaban J connectivity index is 1.62. The van der Waals surface area contributed by atoms with E-state index in [4.69, 9.17) is 0 Å². The molecule has 1 N–H and O–H groups in total. The molecule has 3 rings (SSSR count). The zero-order valence-electron chi connectivity index (χ0n) is 15.9. The molecule has 0 aromatic heterocycles. The molecule has 0 aliphatic heterocycles. The Bertz CT molecular complexity index is 989. The minimum absolute atomic E-state index is 0.00475. The number of para-hydroxylation sites is 4. The van der Waals surface area contributed by atoms with Gasteiger partial charge in [0, 0.05) is 17.4 Å². The summed E-state index contributed by atoms with van der Waals surface area (Å²) in [6.07, 6.45) is 0. The average molecular weight is 421 g/mol. The number of rotatable bonds is 8. The van der Waals surface area contributed by atoms with Crippen molar-refractivity contribution in [3.63, 3.8) is 0 Å². The number of benzene rings is 3. The lowest BCUT2D eigenvalue weighted by Gasteiger charge is -2.23. The number of nitrogens with zero attached hydrogens (tertiary/aromatic N) is 2. The molecule has 3 aromatic rings. The first-order valence-electron chi connectivity index (χ1n) is 9.10. The molecule has 0 fully saturated rings. The van der Waals surface area contributed by atoms with E-state index < -0.39 is 10.8 Å². The highest BCUT2D eigenvalue weighted by atomic mass is 32.2. The Morgan fingerprint density at radius 1 is 0.833 bits per heavy atom. The Kier molecular flexibility index (Phi) is 7.18. The molecule has 2 amide bonds. The number of hydrogen-bond acceptors (Lipinski definition) is 5. The first kappa shape index (κ1) is 21.1. The fourth-order valence-electron chi connectivity index (χ4n) is 2.81. The SMILES string of the molecule is O=C(CSCC(=O)N(c1ccccc1)c1ccccc1)Nc1ccccc1[N+](=O)[O-]. The molecule has 0 aliphatic rings. The van der Waals surface area contributed by atoms with Crippen LogP contribution in [0, 0.1) is 10.1 Å². The fraction of sp³-hybridized carbons (Fsp3) is 0.0909. The Labute approximate surface area is 177 Å². The van der Waals surface area contributed by atoms with Gasteiger partial charge in [-0.3, -0.25) is 24.6 Å². The number of thioether (sulfide) groups is 1. The fourth-order valence-corrected chi connectivity index (χ4v) is 3.47. The van der Waals surface area contributed by atoms with Gasteiger partial charge in [-0.2, -0.15) is 0 Å². The molecule has 0 atom stereocenters. The summed E-state index contributed by atoms with van der Waals surface area (Å²) in [7, 11) is 0. The van der Waals surface area contributed by atoms with Crippen molar-refractivity contribution in [2.24, 2.45) is 0 Å². The van der Waals surface area contributed by atoms with Crippen LogP contribution in [0.5, 0.6) is 0 Å². The molecule has 30 heavy (non-hydrogen) atoms. The van der Waals surface area contributed by atoms with Gasteiger partial charge in [-0.15, -0.1) is 11.8 Å². The largest absolute Gasteiger partial charge is 0.320 e. The van der Waals surface area contributed by atoms with Crippen molar-refractivity contribution in [1.82, 2.24) is 0 Å². The summed E-state index contributed by atoms with van der Waals surface area (Å²) in [6.45, 7) is 0. The molecule has 152 valence electrons. The van der Waals surface area contributed by atoms with Gasteiger partial charge in [0.2, 0.25) is 11.8 Å². The van der Waals surface area contributed by atoms with Gasteiger partial charge in [0.25, 0.3) is 5.69 Å². The van der Waals surface area contributed by atoms with Crippen LogP contribution < -0.4 is 10.2 Å². The maximum atomic E-state index is 12.9. The molecule has 0 saturated carbocycles. The van der Waals surface area contributed by atoms with Crippen molar-refractivity contribution in [3.8, 4) is 0 Å². The minimum atomic E-state index is -0.552. The van der Waals surface area contributed by atoms with Crippen LogP contribution in [0.1, 0.15) is 0 Å². The summed E-state index contributed by atoms with van der Waals surface area (Å²) in [5.41, 5.74) is 1.43. The average Bonchev–Trinajstić information content (AvgIpc) is 2.76. The van der Waals surface area contributed by atoms with E-state index in [2.05, 4.69) is 5.32 Å². The maximum Gasteiger partial charge on any atom is 0.292 e. The van der Waals surface area contributed by atoms with E-state index in [0.717, 1.165) is 23.1 Å². The van der Waals surface area contributed by atoms with Gasteiger partial charge < -0.3 is 5.32 Å². The monoisotopic (exact) mass is 421 g/mol. The summed E-state index contributed by atoms with van der Waals surface area (Å²) in [5.74, 6) is -0.507. The lowest BCUT2D eigenvalue weighted by atomic mass is 10.2. The normalized spacial score (nSPS) is 10.3. The first-order chi connectivity index (χ1) is 14.6. The molecule has 0 heterocycles. The van der Waals surface area contributed by atoms with Gasteiger partial charge in [0.05, 0.1) is 16.4 Å². The molecule has 0 aliphatic carbocycles. The van der Waals surface area contributed by atoms with E-state index in [1.54, 1.807) is 11.0 Å². The molecule has 0 saturated heterocycles. The summed E-state index contributed by atoms with van der Waals surface area (Å²) in [6, 6.07) is 24.5. The molecular weight excluding hydrogens is 402 g/mol. The van der Waals surface area contributed by atoms with Crippen molar-refractivity contribution in [3.05, 3.63) is 95.0 Å². The molecule has 0 radical (unpaired) electrons. The van der Waals surface area contributed by atoms with Crippen LogP contribution in [-0.4, -0.2) is 28.2 Å². The van der Waals surface area contributed by atoms with Gasteiger partial charge in [-0.05, 0) is 30.3 Å². The lowest BCUT2D eigenvalue weighted by Crippen LogP contribution is -2.28. The van der Waals surface area contributed by atoms with E-state index in [-0.39, 0.29) is 28.8 Å². The van der Waals surface area contributed by atoms with Crippen LogP contribution in [0.25, 0.3) is 0 Å². The number of anilines is 3. The quantitative estimate of drug-likeness (QED) is 0.423. The summed E-state index contributed by atoms with van der Waals surface area (Å²) >= 11 is 1.15. The molecule has 0 unspecified atom stereocenters. The third-order valence-corrected chi connectivity index (χ3v) is 5.03. The van der Waals surface area contributed by atoms with Crippen LogP contribution in [0.15, 0.2) is 84.9 Å². The highest BCUT2D eigenvalue weighted by molar-refractivity contribution is 8.00. The molecule has 8 heteroatoms. The van der Waals surface area contributed by atoms with Crippen LogP contribution in [-0.2, 0) is 9.59 Å². The number of carbonyl (C=O) groups excluding carboxylic acids is 2. The van der Waals surface area contributed by atoms with Crippen LogP contribution >= 0.6 is 11.8 Å². The molecular formula is C22H19N3O4S. The second kappa shape index (κ2) is 10.2. The first-order valence-corrected chi connectivity index (χ1v) is 10.3. The van der Waals surface area contributed by atoms with Crippen LogP contribution in [0.4, 0.5) is 22.7 Å². The smallest absolute Gasteiger partial charge is 0.292 e. The summed E-state index contributed by atoms with van der Waals surface area (Å²) in [5, 5.41) is 13.6. The molecule has 0 spiro atoms. The lowest BCUT2D eigenvalue weighted by molar-refractivity contribution is -0.383. The van der Waals surface area contributed by atoms with Crippen molar-refractivity contribution in [2.75, 3.05) is 21.7 Å².